The Morgan fingerprint density at radius 3 is 2.60 bits per heavy atom. The molecule has 0 aliphatic carbocycles. The van der Waals surface area contributed by atoms with Crippen LogP contribution in [0.5, 0.6) is 0 Å². The number of hydrogen-bond acceptors (Lipinski definition) is 7. The van der Waals surface area contributed by atoms with E-state index in [0.29, 0.717) is 9.23 Å². The number of rotatable bonds is 7. The van der Waals surface area contributed by atoms with Crippen molar-refractivity contribution in [1.82, 2.24) is 4.90 Å². The second-order valence-corrected chi connectivity index (χ2v) is 6.71. The molecule has 1 saturated heterocycles. The molecular formula is C16H13N2O5S2-. The number of thioether (sulfide) groups is 1. The summed E-state index contributed by atoms with van der Waals surface area (Å²) in [6, 6.07) is 6.01. The SMILES string of the molecule is O=C([O-])CCCN1C(=O)/C(=C/C=C/c2ccc([N+](=O)[O-])cc2)SC1=S. The first kappa shape index (κ1) is 18.8. The van der Waals surface area contributed by atoms with Crippen LogP contribution in [0.2, 0.25) is 0 Å². The summed E-state index contributed by atoms with van der Waals surface area (Å²) in [5.41, 5.74) is 0.765. The van der Waals surface area contributed by atoms with Crippen molar-refractivity contribution in [3.05, 3.63) is 57.0 Å². The number of carbonyl (C=O) groups is 2. The lowest BCUT2D eigenvalue weighted by molar-refractivity contribution is -0.384. The maximum atomic E-state index is 12.2. The van der Waals surface area contributed by atoms with Crippen LogP contribution in [0.1, 0.15) is 18.4 Å². The Labute approximate surface area is 153 Å². The van der Waals surface area contributed by atoms with Gasteiger partial charge >= 0.3 is 0 Å². The molecule has 0 saturated carbocycles. The maximum Gasteiger partial charge on any atom is 0.269 e. The predicted molar refractivity (Wildman–Crippen MR) is 96.4 cm³/mol. The normalized spacial score (nSPS) is 16.2. The van der Waals surface area contributed by atoms with Crippen molar-refractivity contribution in [1.29, 1.82) is 0 Å². The van der Waals surface area contributed by atoms with Crippen molar-refractivity contribution >= 4 is 51.9 Å². The van der Waals surface area contributed by atoms with Crippen molar-refractivity contribution < 1.29 is 19.6 Å². The van der Waals surface area contributed by atoms with Gasteiger partial charge in [0.25, 0.3) is 11.6 Å². The molecule has 7 nitrogen and oxygen atoms in total. The van der Waals surface area contributed by atoms with Crippen molar-refractivity contribution in [3.63, 3.8) is 0 Å². The number of nitro benzene ring substituents is 1. The third kappa shape index (κ3) is 5.23. The largest absolute Gasteiger partial charge is 0.550 e. The van der Waals surface area contributed by atoms with Gasteiger partial charge in [-0.2, -0.15) is 0 Å². The predicted octanol–water partition coefficient (Wildman–Crippen LogP) is 1.88. The minimum absolute atomic E-state index is 0.00887. The lowest BCUT2D eigenvalue weighted by Gasteiger charge is -2.14. The lowest BCUT2D eigenvalue weighted by Crippen LogP contribution is -2.30. The van der Waals surface area contributed by atoms with Crippen LogP contribution in [-0.4, -0.2) is 32.6 Å². The smallest absolute Gasteiger partial charge is 0.269 e. The zero-order valence-electron chi connectivity index (χ0n) is 12.9. The Morgan fingerprint density at radius 2 is 2.00 bits per heavy atom. The minimum atomic E-state index is -1.16. The van der Waals surface area contributed by atoms with E-state index < -0.39 is 10.9 Å². The first-order chi connectivity index (χ1) is 11.9. The van der Waals surface area contributed by atoms with Crippen LogP contribution in [0.25, 0.3) is 6.08 Å². The molecule has 1 aliphatic heterocycles. The summed E-state index contributed by atoms with van der Waals surface area (Å²) < 4.78 is 0.387. The molecule has 0 aromatic heterocycles. The fourth-order valence-electron chi connectivity index (χ4n) is 2.04. The number of carboxylic acid groups (broad SMARTS) is 1. The van der Waals surface area contributed by atoms with Crippen LogP contribution < -0.4 is 5.11 Å². The molecule has 1 amide bonds. The molecule has 130 valence electrons. The molecule has 1 aliphatic rings. The fourth-order valence-corrected chi connectivity index (χ4v) is 3.30. The summed E-state index contributed by atoms with van der Waals surface area (Å²) in [6.07, 6.45) is 5.14. The summed E-state index contributed by atoms with van der Waals surface area (Å²) in [5.74, 6) is -1.42. The minimum Gasteiger partial charge on any atom is -0.550 e. The number of amides is 1. The number of aliphatic carboxylic acids is 1. The quantitative estimate of drug-likeness (QED) is 0.309. The number of nitrogens with zero attached hydrogens (tertiary/aromatic N) is 2. The molecule has 0 radical (unpaired) electrons. The highest BCUT2D eigenvalue weighted by Gasteiger charge is 2.30. The molecule has 0 bridgehead atoms. The number of carbonyl (C=O) groups excluding carboxylic acids is 2. The second-order valence-electron chi connectivity index (χ2n) is 5.04. The van der Waals surface area contributed by atoms with Crippen LogP contribution in [-0.2, 0) is 9.59 Å². The van der Waals surface area contributed by atoms with Gasteiger partial charge in [0.05, 0.1) is 9.83 Å². The van der Waals surface area contributed by atoms with Crippen LogP contribution >= 0.6 is 24.0 Å². The summed E-state index contributed by atoms with van der Waals surface area (Å²) >= 11 is 6.28. The van der Waals surface area contributed by atoms with Crippen molar-refractivity contribution in [2.24, 2.45) is 0 Å². The third-order valence-corrected chi connectivity index (χ3v) is 4.67. The number of allylic oxidation sites excluding steroid dienone is 2. The molecule has 0 atom stereocenters. The lowest BCUT2D eigenvalue weighted by atomic mass is 10.2. The van der Waals surface area contributed by atoms with Crippen molar-refractivity contribution in [3.8, 4) is 0 Å². The van der Waals surface area contributed by atoms with Crippen molar-refractivity contribution in [2.75, 3.05) is 6.54 Å². The van der Waals surface area contributed by atoms with Crippen LogP contribution in [0.15, 0.2) is 41.3 Å². The molecule has 1 fully saturated rings. The van der Waals surface area contributed by atoms with Crippen LogP contribution in [0.4, 0.5) is 5.69 Å². The molecule has 9 heteroatoms. The van der Waals surface area contributed by atoms with E-state index in [2.05, 4.69) is 0 Å². The molecule has 1 heterocycles. The van der Waals surface area contributed by atoms with Crippen LogP contribution in [0.3, 0.4) is 0 Å². The highest BCUT2D eigenvalue weighted by Crippen LogP contribution is 2.31. The van der Waals surface area contributed by atoms with Gasteiger partial charge in [0.15, 0.2) is 0 Å². The number of non-ortho nitro benzene ring substituents is 1. The molecule has 1 aromatic carbocycles. The average molecular weight is 377 g/mol. The zero-order chi connectivity index (χ0) is 18.4. The van der Waals surface area contributed by atoms with E-state index in [1.165, 1.54) is 17.0 Å². The summed E-state index contributed by atoms with van der Waals surface area (Å²) in [5, 5.41) is 21.0. The Kier molecular flexibility index (Phi) is 6.43. The third-order valence-electron chi connectivity index (χ3n) is 3.28. The van der Waals surface area contributed by atoms with Gasteiger partial charge in [-0.05, 0) is 36.6 Å². The maximum absolute atomic E-state index is 12.2. The first-order valence-corrected chi connectivity index (χ1v) is 8.47. The van der Waals surface area contributed by atoms with Gasteiger partial charge in [-0.3, -0.25) is 19.8 Å². The van der Waals surface area contributed by atoms with E-state index in [1.54, 1.807) is 30.4 Å². The first-order valence-electron chi connectivity index (χ1n) is 7.25. The zero-order valence-corrected chi connectivity index (χ0v) is 14.5. The van der Waals surface area contributed by atoms with E-state index in [4.69, 9.17) is 12.2 Å². The van der Waals surface area contributed by atoms with Gasteiger partial charge < -0.3 is 9.90 Å². The highest BCUT2D eigenvalue weighted by atomic mass is 32.2. The van der Waals surface area contributed by atoms with Gasteiger partial charge in [-0.15, -0.1) is 0 Å². The molecule has 1 aromatic rings. The number of nitro groups is 1. The molecule has 0 spiro atoms. The van der Waals surface area contributed by atoms with E-state index in [0.717, 1.165) is 17.3 Å². The second kappa shape index (κ2) is 8.54. The van der Waals surface area contributed by atoms with E-state index in [-0.39, 0.29) is 31.0 Å². The fraction of sp³-hybridized carbons (Fsp3) is 0.188. The number of hydrogen-bond donors (Lipinski definition) is 0. The number of benzene rings is 1. The molecule has 0 unspecified atom stereocenters. The molecule has 0 N–H and O–H groups in total. The van der Waals surface area contributed by atoms with Gasteiger partial charge in [-0.1, -0.05) is 36.1 Å². The average Bonchev–Trinajstić information content (AvgIpc) is 2.82. The van der Waals surface area contributed by atoms with Gasteiger partial charge in [0.1, 0.15) is 4.32 Å². The topological polar surface area (TPSA) is 104 Å². The van der Waals surface area contributed by atoms with Gasteiger partial charge in [0, 0.05) is 24.6 Å². The van der Waals surface area contributed by atoms with E-state index in [9.17, 15) is 24.8 Å². The number of carboxylic acids is 1. The molecule has 25 heavy (non-hydrogen) atoms. The summed E-state index contributed by atoms with van der Waals surface area (Å²) in [7, 11) is 0. The van der Waals surface area contributed by atoms with Gasteiger partial charge in [-0.25, -0.2) is 0 Å². The van der Waals surface area contributed by atoms with Crippen molar-refractivity contribution in [2.45, 2.75) is 12.8 Å². The van der Waals surface area contributed by atoms with Crippen LogP contribution in [0, 0.1) is 10.1 Å². The Balaban J connectivity index is 1.98. The highest BCUT2D eigenvalue weighted by molar-refractivity contribution is 8.26. The molecule has 2 rings (SSSR count). The number of thiocarbonyl (C=S) groups is 1. The van der Waals surface area contributed by atoms with E-state index in [1.807, 2.05) is 0 Å². The summed E-state index contributed by atoms with van der Waals surface area (Å²) in [4.78, 5) is 34.6. The molecular weight excluding hydrogens is 364 g/mol. The Morgan fingerprint density at radius 1 is 1.32 bits per heavy atom. The Bertz CT molecular complexity index is 771. The Hall–Kier alpha value is -2.52. The van der Waals surface area contributed by atoms with E-state index >= 15 is 0 Å². The summed E-state index contributed by atoms with van der Waals surface area (Å²) in [6.45, 7) is 0.238. The standard InChI is InChI=1S/C16H14N2O5S2/c19-14(20)5-2-10-17-15(21)13(25-16(17)24)4-1-3-11-6-8-12(9-7-11)18(22)23/h1,3-4,6-9H,2,5,10H2,(H,19,20)/p-1/b3-1+,13-4-. The monoisotopic (exact) mass is 377 g/mol. The van der Waals surface area contributed by atoms with Gasteiger partial charge in [0.2, 0.25) is 0 Å².